The predicted molar refractivity (Wildman–Crippen MR) is 101 cm³/mol. The summed E-state index contributed by atoms with van der Waals surface area (Å²) in [4.78, 5) is 11.9. The van der Waals surface area contributed by atoms with E-state index in [2.05, 4.69) is 0 Å². The maximum atomic E-state index is 11.9. The molecular formula is C22H18O5. The average Bonchev–Trinajstić information content (AvgIpc) is 2.70. The molecule has 136 valence electrons. The van der Waals surface area contributed by atoms with Gasteiger partial charge in [0.15, 0.2) is 0 Å². The number of para-hydroxylation sites is 1. The summed E-state index contributed by atoms with van der Waals surface area (Å²) in [7, 11) is 1.56. The molecule has 1 aliphatic carbocycles. The molecule has 1 atom stereocenters. The first kappa shape index (κ1) is 17.0. The van der Waals surface area contributed by atoms with Crippen LogP contribution in [0.15, 0.2) is 89.0 Å². The van der Waals surface area contributed by atoms with E-state index in [1.54, 1.807) is 19.3 Å². The molecule has 0 amide bonds. The maximum absolute atomic E-state index is 11.9. The standard InChI is InChI=1S/C22H18O5/c1-25-19-7-3-2-5-15(19)11-18(22(23)24)17-10-16-9-14-6-4-8-26-20(14)12-21(16)27-13-17/h2-7,9-13,21H,8H2,1H3,(H,23,24)/b18-11-. The van der Waals surface area contributed by atoms with Gasteiger partial charge in [-0.3, -0.25) is 0 Å². The fourth-order valence-electron chi connectivity index (χ4n) is 3.19. The first-order valence-corrected chi connectivity index (χ1v) is 8.54. The van der Waals surface area contributed by atoms with Crippen LogP contribution >= 0.6 is 0 Å². The van der Waals surface area contributed by atoms with Crippen LogP contribution in [0.5, 0.6) is 5.75 Å². The van der Waals surface area contributed by atoms with Gasteiger partial charge in [0.1, 0.15) is 24.2 Å². The number of hydrogen-bond acceptors (Lipinski definition) is 4. The molecule has 27 heavy (non-hydrogen) atoms. The van der Waals surface area contributed by atoms with Gasteiger partial charge in [-0.05, 0) is 35.9 Å². The zero-order valence-corrected chi connectivity index (χ0v) is 14.7. The SMILES string of the molecule is COc1ccccc1/C=C(\C(=O)O)C1=COC2C=C3OCC=CC3=CC2=C1. The molecule has 1 unspecified atom stereocenters. The number of aliphatic carboxylic acids is 1. The minimum atomic E-state index is -1.04. The molecule has 4 rings (SSSR count). The molecule has 0 radical (unpaired) electrons. The van der Waals surface area contributed by atoms with Crippen molar-refractivity contribution in [2.75, 3.05) is 13.7 Å². The third kappa shape index (κ3) is 3.31. The highest BCUT2D eigenvalue weighted by Crippen LogP contribution is 2.34. The van der Waals surface area contributed by atoms with Crippen LogP contribution in [0.25, 0.3) is 6.08 Å². The van der Waals surface area contributed by atoms with Crippen molar-refractivity contribution in [2.24, 2.45) is 0 Å². The van der Waals surface area contributed by atoms with Gasteiger partial charge in [0.05, 0.1) is 18.9 Å². The molecule has 0 bridgehead atoms. The Morgan fingerprint density at radius 2 is 2.15 bits per heavy atom. The number of carboxylic acid groups (broad SMARTS) is 1. The lowest BCUT2D eigenvalue weighted by Gasteiger charge is -2.27. The zero-order valence-electron chi connectivity index (χ0n) is 14.7. The fraction of sp³-hybridized carbons (Fsp3) is 0.136. The summed E-state index contributed by atoms with van der Waals surface area (Å²) < 4.78 is 16.7. The number of carboxylic acids is 1. The van der Waals surface area contributed by atoms with Crippen molar-refractivity contribution in [3.63, 3.8) is 0 Å². The quantitative estimate of drug-likeness (QED) is 0.826. The highest BCUT2D eigenvalue weighted by molar-refractivity contribution is 5.98. The van der Waals surface area contributed by atoms with E-state index in [-0.39, 0.29) is 11.7 Å². The minimum absolute atomic E-state index is 0.133. The van der Waals surface area contributed by atoms with E-state index in [9.17, 15) is 9.90 Å². The first-order chi connectivity index (χ1) is 13.2. The Balaban J connectivity index is 1.72. The Morgan fingerprint density at radius 3 is 2.96 bits per heavy atom. The van der Waals surface area contributed by atoms with E-state index in [1.807, 2.05) is 48.6 Å². The van der Waals surface area contributed by atoms with Crippen LogP contribution in [-0.4, -0.2) is 30.9 Å². The van der Waals surface area contributed by atoms with Gasteiger partial charge in [-0.15, -0.1) is 0 Å². The number of allylic oxidation sites excluding steroid dienone is 2. The summed E-state index contributed by atoms with van der Waals surface area (Å²) in [5.74, 6) is 0.363. The van der Waals surface area contributed by atoms with Gasteiger partial charge in [0.25, 0.3) is 0 Å². The van der Waals surface area contributed by atoms with Crippen LogP contribution < -0.4 is 4.74 Å². The van der Waals surface area contributed by atoms with Gasteiger partial charge >= 0.3 is 5.97 Å². The summed E-state index contributed by atoms with van der Waals surface area (Å²) in [6.07, 6.45) is 12.4. The van der Waals surface area contributed by atoms with Gasteiger partial charge in [-0.1, -0.05) is 24.3 Å². The van der Waals surface area contributed by atoms with Crippen molar-refractivity contribution < 1.29 is 24.1 Å². The zero-order chi connectivity index (χ0) is 18.8. The number of benzene rings is 1. The molecule has 1 aromatic rings. The second kappa shape index (κ2) is 7.03. The van der Waals surface area contributed by atoms with Crippen molar-refractivity contribution in [3.05, 3.63) is 94.5 Å². The van der Waals surface area contributed by atoms with Gasteiger partial charge < -0.3 is 19.3 Å². The summed E-state index contributed by atoms with van der Waals surface area (Å²) in [6, 6.07) is 7.27. The summed E-state index contributed by atoms with van der Waals surface area (Å²) in [5.41, 5.74) is 3.16. The monoisotopic (exact) mass is 362 g/mol. The van der Waals surface area contributed by atoms with Crippen molar-refractivity contribution in [3.8, 4) is 5.75 Å². The Labute approximate surface area is 156 Å². The molecule has 1 N–H and O–H groups in total. The Morgan fingerprint density at radius 1 is 1.30 bits per heavy atom. The summed E-state index contributed by atoms with van der Waals surface area (Å²) in [5, 5.41) is 9.74. The van der Waals surface area contributed by atoms with E-state index in [0.717, 1.165) is 16.9 Å². The Kier molecular flexibility index (Phi) is 4.42. The molecule has 0 aromatic heterocycles. The normalized spacial score (nSPS) is 20.6. The van der Waals surface area contributed by atoms with Crippen molar-refractivity contribution in [2.45, 2.75) is 6.10 Å². The number of rotatable bonds is 4. The summed E-state index contributed by atoms with van der Waals surface area (Å²) in [6.45, 7) is 0.542. The van der Waals surface area contributed by atoms with Gasteiger partial charge in [0, 0.05) is 22.8 Å². The fourth-order valence-corrected chi connectivity index (χ4v) is 3.19. The van der Waals surface area contributed by atoms with Crippen LogP contribution in [0, 0.1) is 0 Å². The molecule has 5 nitrogen and oxygen atoms in total. The van der Waals surface area contributed by atoms with E-state index < -0.39 is 5.97 Å². The van der Waals surface area contributed by atoms with Crippen LogP contribution in [0.2, 0.25) is 0 Å². The van der Waals surface area contributed by atoms with E-state index in [4.69, 9.17) is 14.2 Å². The molecule has 0 saturated heterocycles. The van der Waals surface area contributed by atoms with Crippen molar-refractivity contribution in [1.82, 2.24) is 0 Å². The molecule has 0 spiro atoms. The second-order valence-electron chi connectivity index (χ2n) is 6.22. The molecule has 3 aliphatic rings. The molecule has 0 fully saturated rings. The third-order valence-electron chi connectivity index (χ3n) is 4.51. The van der Waals surface area contributed by atoms with Gasteiger partial charge in [-0.2, -0.15) is 0 Å². The average molecular weight is 362 g/mol. The van der Waals surface area contributed by atoms with E-state index >= 15 is 0 Å². The van der Waals surface area contributed by atoms with Crippen LogP contribution in [0.4, 0.5) is 0 Å². The number of fused-ring (bicyclic) bond motifs is 2. The molecule has 2 heterocycles. The van der Waals surface area contributed by atoms with Crippen LogP contribution in [0.1, 0.15) is 5.56 Å². The minimum Gasteiger partial charge on any atom is -0.496 e. The lowest BCUT2D eigenvalue weighted by molar-refractivity contribution is -0.132. The van der Waals surface area contributed by atoms with Crippen molar-refractivity contribution >= 4 is 12.0 Å². The van der Waals surface area contributed by atoms with Crippen LogP contribution in [-0.2, 0) is 14.3 Å². The number of carbonyl (C=O) groups is 1. The lowest BCUT2D eigenvalue weighted by atomic mass is 9.91. The maximum Gasteiger partial charge on any atom is 0.336 e. The largest absolute Gasteiger partial charge is 0.496 e. The van der Waals surface area contributed by atoms with Gasteiger partial charge in [0.2, 0.25) is 0 Å². The van der Waals surface area contributed by atoms with E-state index in [1.165, 1.54) is 6.26 Å². The predicted octanol–water partition coefficient (Wildman–Crippen LogP) is 3.78. The number of hydrogen-bond donors (Lipinski definition) is 1. The van der Waals surface area contributed by atoms with E-state index in [0.29, 0.717) is 23.5 Å². The first-order valence-electron chi connectivity index (χ1n) is 8.54. The molecular weight excluding hydrogens is 344 g/mol. The van der Waals surface area contributed by atoms with Gasteiger partial charge in [-0.25, -0.2) is 4.79 Å². The molecule has 2 aliphatic heterocycles. The Bertz CT molecular complexity index is 972. The van der Waals surface area contributed by atoms with Crippen molar-refractivity contribution in [1.29, 1.82) is 0 Å². The second-order valence-corrected chi connectivity index (χ2v) is 6.22. The number of ether oxygens (including phenoxy) is 3. The topological polar surface area (TPSA) is 65.0 Å². The van der Waals surface area contributed by atoms with Crippen LogP contribution in [0.3, 0.4) is 0 Å². The highest BCUT2D eigenvalue weighted by Gasteiger charge is 2.26. The molecule has 5 heteroatoms. The summed E-state index contributed by atoms with van der Waals surface area (Å²) >= 11 is 0. The lowest BCUT2D eigenvalue weighted by Crippen LogP contribution is -2.20. The number of methoxy groups -OCH3 is 1. The molecule has 0 saturated carbocycles. The molecule has 1 aromatic carbocycles. The smallest absolute Gasteiger partial charge is 0.336 e. The Hall–Kier alpha value is -3.47. The third-order valence-corrected chi connectivity index (χ3v) is 4.51. The highest BCUT2D eigenvalue weighted by atomic mass is 16.5.